The Bertz CT molecular complexity index is 234. The Morgan fingerprint density at radius 3 is 1.29 bits per heavy atom. The van der Waals surface area contributed by atoms with Crippen molar-refractivity contribution in [2.24, 2.45) is 0 Å². The van der Waals surface area contributed by atoms with Gasteiger partial charge in [-0.15, -0.1) is 0 Å². The summed E-state index contributed by atoms with van der Waals surface area (Å²) in [4.78, 5) is 0. The summed E-state index contributed by atoms with van der Waals surface area (Å²) < 4.78 is 29.4. The smallest absolute Gasteiger partial charge is 0.328 e. The van der Waals surface area contributed by atoms with E-state index in [9.17, 15) is 0 Å². The average molecular weight is 339 g/mol. The number of rotatable bonds is 14. The van der Waals surface area contributed by atoms with E-state index in [1.165, 1.54) is 0 Å². The van der Waals surface area contributed by atoms with E-state index in [4.69, 9.17) is 22.4 Å². The summed E-state index contributed by atoms with van der Waals surface area (Å²) in [6, 6.07) is 1.66. The molecule has 0 amide bonds. The van der Waals surface area contributed by atoms with Gasteiger partial charge in [-0.05, 0) is 40.8 Å². The fraction of sp³-hybridized carbons (Fsp3) is 1.00. The van der Waals surface area contributed by atoms with Crippen LogP contribution in [-0.4, -0.2) is 56.8 Å². The maximum Gasteiger partial charge on any atom is 0.328 e. The lowest BCUT2D eigenvalue weighted by atomic mass is 10.8. The molecule has 7 heteroatoms. The molecule has 128 valence electrons. The molecule has 0 bridgehead atoms. The molecule has 0 saturated heterocycles. The Morgan fingerprint density at radius 2 is 1.00 bits per heavy atom. The minimum absolute atomic E-state index is 0.664. The third-order valence-electron chi connectivity index (χ3n) is 3.14. The third kappa shape index (κ3) is 9.77. The SMILES string of the molecule is CCOCC[Si](C)(OCC)O[Si](C)(CCOCC)OCC. The summed E-state index contributed by atoms with van der Waals surface area (Å²) in [5.74, 6) is 0. The molecule has 0 aromatic rings. The normalized spacial score (nSPS) is 17.4. The second-order valence-corrected chi connectivity index (χ2v) is 12.1. The molecule has 0 aliphatic rings. The summed E-state index contributed by atoms with van der Waals surface area (Å²) in [5, 5.41) is 0. The second-order valence-electron chi connectivity index (χ2n) is 5.13. The van der Waals surface area contributed by atoms with Gasteiger partial charge >= 0.3 is 17.1 Å². The van der Waals surface area contributed by atoms with Crippen LogP contribution in [0.4, 0.5) is 0 Å². The minimum atomic E-state index is -2.26. The van der Waals surface area contributed by atoms with Crippen molar-refractivity contribution in [3.63, 3.8) is 0 Å². The fourth-order valence-corrected chi connectivity index (χ4v) is 9.66. The Hall–Kier alpha value is 0.234. The summed E-state index contributed by atoms with van der Waals surface area (Å²) in [6.45, 7) is 16.4. The van der Waals surface area contributed by atoms with E-state index in [1.807, 2.05) is 27.7 Å². The van der Waals surface area contributed by atoms with Gasteiger partial charge in [0.2, 0.25) is 0 Å². The van der Waals surface area contributed by atoms with Crippen molar-refractivity contribution in [2.75, 3.05) is 39.6 Å². The van der Waals surface area contributed by atoms with Crippen LogP contribution in [-0.2, 0) is 22.4 Å². The zero-order chi connectivity index (χ0) is 16.2. The Balaban J connectivity index is 4.68. The van der Waals surface area contributed by atoms with Crippen molar-refractivity contribution in [3.8, 4) is 0 Å². The molecule has 2 unspecified atom stereocenters. The van der Waals surface area contributed by atoms with Crippen molar-refractivity contribution in [3.05, 3.63) is 0 Å². The number of ether oxygens (including phenoxy) is 2. The molecule has 0 N–H and O–H groups in total. The standard InChI is InChI=1S/C14H34O5Si2/c1-7-15-11-13-20(5,17-9-3)19-21(6,18-10-4)14-12-16-8-2/h7-14H2,1-6H3. The second kappa shape index (κ2) is 11.8. The molecule has 0 saturated carbocycles. The van der Waals surface area contributed by atoms with Crippen LogP contribution in [0.3, 0.4) is 0 Å². The molecule has 0 spiro atoms. The Kier molecular flexibility index (Phi) is 11.9. The van der Waals surface area contributed by atoms with Gasteiger partial charge in [0.25, 0.3) is 0 Å². The first-order valence-corrected chi connectivity index (χ1v) is 13.1. The zero-order valence-corrected chi connectivity index (χ0v) is 16.7. The van der Waals surface area contributed by atoms with Gasteiger partial charge in [-0.1, -0.05) is 0 Å². The van der Waals surface area contributed by atoms with Gasteiger partial charge < -0.3 is 22.4 Å². The zero-order valence-electron chi connectivity index (χ0n) is 14.7. The average Bonchev–Trinajstić information content (AvgIpc) is 2.39. The molecular weight excluding hydrogens is 304 g/mol. The van der Waals surface area contributed by atoms with E-state index in [0.29, 0.717) is 26.4 Å². The van der Waals surface area contributed by atoms with Crippen molar-refractivity contribution >= 4 is 17.1 Å². The van der Waals surface area contributed by atoms with Crippen molar-refractivity contribution in [1.29, 1.82) is 0 Å². The highest BCUT2D eigenvalue weighted by Crippen LogP contribution is 2.24. The summed E-state index contributed by atoms with van der Waals surface area (Å²) in [6.07, 6.45) is 0. The molecule has 0 aromatic carbocycles. The van der Waals surface area contributed by atoms with E-state index >= 15 is 0 Å². The van der Waals surface area contributed by atoms with Gasteiger partial charge in [-0.3, -0.25) is 0 Å². The van der Waals surface area contributed by atoms with Crippen LogP contribution in [0.1, 0.15) is 27.7 Å². The molecule has 0 aromatic heterocycles. The first-order valence-electron chi connectivity index (χ1n) is 8.08. The van der Waals surface area contributed by atoms with Crippen LogP contribution in [0, 0.1) is 0 Å². The van der Waals surface area contributed by atoms with Crippen LogP contribution in [0.5, 0.6) is 0 Å². The van der Waals surface area contributed by atoms with E-state index in [-0.39, 0.29) is 0 Å². The first kappa shape index (κ1) is 21.2. The Labute approximate surface area is 132 Å². The summed E-state index contributed by atoms with van der Waals surface area (Å²) in [5.41, 5.74) is 0. The molecule has 2 atom stereocenters. The van der Waals surface area contributed by atoms with E-state index in [2.05, 4.69) is 13.1 Å². The van der Waals surface area contributed by atoms with Gasteiger partial charge in [0, 0.05) is 51.7 Å². The summed E-state index contributed by atoms with van der Waals surface area (Å²) in [7, 11) is -4.53. The quantitative estimate of drug-likeness (QED) is 0.359. The van der Waals surface area contributed by atoms with Crippen molar-refractivity contribution in [1.82, 2.24) is 0 Å². The van der Waals surface area contributed by atoms with Crippen LogP contribution < -0.4 is 0 Å². The maximum atomic E-state index is 6.47. The van der Waals surface area contributed by atoms with Gasteiger partial charge in [0.1, 0.15) is 0 Å². The van der Waals surface area contributed by atoms with Crippen LogP contribution >= 0.6 is 0 Å². The molecule has 0 radical (unpaired) electrons. The third-order valence-corrected chi connectivity index (χ3v) is 10.6. The highest BCUT2D eigenvalue weighted by Gasteiger charge is 2.42. The molecular formula is C14H34O5Si2. The minimum Gasteiger partial charge on any atom is -0.415 e. The van der Waals surface area contributed by atoms with E-state index in [0.717, 1.165) is 25.3 Å². The summed E-state index contributed by atoms with van der Waals surface area (Å²) >= 11 is 0. The van der Waals surface area contributed by atoms with E-state index < -0.39 is 17.1 Å². The molecule has 0 aliphatic heterocycles. The predicted molar refractivity (Wildman–Crippen MR) is 90.2 cm³/mol. The highest BCUT2D eigenvalue weighted by molar-refractivity contribution is 6.80. The van der Waals surface area contributed by atoms with Crippen molar-refractivity contribution < 1.29 is 22.4 Å². The fourth-order valence-electron chi connectivity index (χ4n) is 2.18. The van der Waals surface area contributed by atoms with Gasteiger partial charge in [-0.2, -0.15) is 0 Å². The molecule has 21 heavy (non-hydrogen) atoms. The molecule has 0 fully saturated rings. The number of hydrogen-bond acceptors (Lipinski definition) is 5. The van der Waals surface area contributed by atoms with Gasteiger partial charge in [0.15, 0.2) is 0 Å². The topological polar surface area (TPSA) is 46.2 Å². The van der Waals surface area contributed by atoms with Crippen molar-refractivity contribution in [2.45, 2.75) is 52.9 Å². The number of hydrogen-bond donors (Lipinski definition) is 0. The molecule has 0 heterocycles. The van der Waals surface area contributed by atoms with Crippen LogP contribution in [0.25, 0.3) is 0 Å². The van der Waals surface area contributed by atoms with E-state index in [1.54, 1.807) is 0 Å². The lowest BCUT2D eigenvalue weighted by molar-refractivity contribution is 0.135. The van der Waals surface area contributed by atoms with Gasteiger partial charge in [0.05, 0.1) is 0 Å². The highest BCUT2D eigenvalue weighted by atomic mass is 28.5. The lowest BCUT2D eigenvalue weighted by Crippen LogP contribution is -2.53. The monoisotopic (exact) mass is 338 g/mol. The molecule has 0 aliphatic carbocycles. The van der Waals surface area contributed by atoms with Gasteiger partial charge in [-0.25, -0.2) is 0 Å². The maximum absolute atomic E-state index is 6.47. The molecule has 5 nitrogen and oxygen atoms in total. The first-order chi connectivity index (χ1) is 9.95. The lowest BCUT2D eigenvalue weighted by Gasteiger charge is -2.36. The Morgan fingerprint density at radius 1 is 0.619 bits per heavy atom. The van der Waals surface area contributed by atoms with Crippen LogP contribution in [0.2, 0.25) is 25.2 Å². The molecule has 0 rings (SSSR count). The van der Waals surface area contributed by atoms with Crippen LogP contribution in [0.15, 0.2) is 0 Å². The largest absolute Gasteiger partial charge is 0.415 e. The predicted octanol–water partition coefficient (Wildman–Crippen LogP) is 3.29.